The molecule has 4 rings (SSSR count). The average Bonchev–Trinajstić information content (AvgIpc) is 3.22. The molecule has 1 amide bonds. The average molecular weight is 307 g/mol. The summed E-state index contributed by atoms with van der Waals surface area (Å²) in [5.74, 6) is 1.28. The van der Waals surface area contributed by atoms with E-state index in [0.717, 1.165) is 49.4 Å². The van der Waals surface area contributed by atoms with E-state index in [1.807, 2.05) is 30.2 Å². The third kappa shape index (κ3) is 2.74. The zero-order valence-corrected chi connectivity index (χ0v) is 13.5. The Labute approximate surface area is 136 Å². The van der Waals surface area contributed by atoms with Gasteiger partial charge in [-0.3, -0.25) is 4.79 Å². The fourth-order valence-electron chi connectivity index (χ4n) is 3.71. The van der Waals surface area contributed by atoms with E-state index in [1.54, 1.807) is 0 Å². The number of aromatic nitrogens is 2. The first kappa shape index (κ1) is 14.4. The van der Waals surface area contributed by atoms with Gasteiger partial charge in [0.2, 0.25) is 0 Å². The van der Waals surface area contributed by atoms with Gasteiger partial charge < -0.3 is 4.90 Å². The Morgan fingerprint density at radius 2 is 2.09 bits per heavy atom. The second-order valence-corrected chi connectivity index (χ2v) is 6.63. The summed E-state index contributed by atoms with van der Waals surface area (Å²) in [4.78, 5) is 23.6. The SMILES string of the molecule is Cc1ccnc([C@H]2CCN(C(=O)c3ccc4c(c3)CCC4)C2)n1. The first-order valence-corrected chi connectivity index (χ1v) is 8.41. The standard InChI is InChI=1S/C19H21N3O/c1-13-7-9-20-18(21-13)17-8-10-22(12-17)19(23)16-6-5-14-3-2-4-15(14)11-16/h5-7,9,11,17H,2-4,8,10,12H2,1H3/t17-/m0/s1. The van der Waals surface area contributed by atoms with Crippen molar-refractivity contribution in [1.82, 2.24) is 14.9 Å². The van der Waals surface area contributed by atoms with Gasteiger partial charge in [-0.05, 0) is 61.9 Å². The van der Waals surface area contributed by atoms with Gasteiger partial charge >= 0.3 is 0 Å². The highest BCUT2D eigenvalue weighted by Crippen LogP contribution is 2.28. The third-order valence-electron chi connectivity index (χ3n) is 5.00. The van der Waals surface area contributed by atoms with Crippen LogP contribution in [-0.4, -0.2) is 33.9 Å². The van der Waals surface area contributed by atoms with Crippen molar-refractivity contribution in [2.45, 2.75) is 38.5 Å². The van der Waals surface area contributed by atoms with Gasteiger partial charge in [0.15, 0.2) is 0 Å². The second kappa shape index (κ2) is 5.76. The summed E-state index contributed by atoms with van der Waals surface area (Å²) < 4.78 is 0. The number of hydrogen-bond donors (Lipinski definition) is 0. The molecular weight excluding hydrogens is 286 g/mol. The van der Waals surface area contributed by atoms with Crippen LogP contribution in [0, 0.1) is 6.92 Å². The van der Waals surface area contributed by atoms with Gasteiger partial charge in [-0.1, -0.05) is 6.07 Å². The predicted octanol–water partition coefficient (Wildman–Crippen LogP) is 2.90. The van der Waals surface area contributed by atoms with Crippen LogP contribution >= 0.6 is 0 Å². The number of hydrogen-bond acceptors (Lipinski definition) is 3. The smallest absolute Gasteiger partial charge is 0.253 e. The quantitative estimate of drug-likeness (QED) is 0.857. The zero-order chi connectivity index (χ0) is 15.8. The van der Waals surface area contributed by atoms with E-state index >= 15 is 0 Å². The van der Waals surface area contributed by atoms with E-state index in [9.17, 15) is 4.79 Å². The van der Waals surface area contributed by atoms with E-state index in [-0.39, 0.29) is 11.8 Å². The molecule has 0 unspecified atom stereocenters. The van der Waals surface area contributed by atoms with Crippen LogP contribution in [-0.2, 0) is 12.8 Å². The van der Waals surface area contributed by atoms with Gasteiger partial charge in [0.25, 0.3) is 5.91 Å². The van der Waals surface area contributed by atoms with Crippen molar-refractivity contribution >= 4 is 5.91 Å². The molecule has 1 saturated heterocycles. The van der Waals surface area contributed by atoms with E-state index in [4.69, 9.17) is 0 Å². The number of fused-ring (bicyclic) bond motifs is 1. The van der Waals surface area contributed by atoms with Crippen LogP contribution in [0.5, 0.6) is 0 Å². The molecule has 1 fully saturated rings. The van der Waals surface area contributed by atoms with Crippen molar-refractivity contribution in [1.29, 1.82) is 0 Å². The molecule has 0 saturated carbocycles. The molecule has 4 nitrogen and oxygen atoms in total. The lowest BCUT2D eigenvalue weighted by atomic mass is 10.1. The highest BCUT2D eigenvalue weighted by Gasteiger charge is 2.30. The lowest BCUT2D eigenvalue weighted by Crippen LogP contribution is -2.28. The zero-order valence-electron chi connectivity index (χ0n) is 13.5. The number of benzene rings is 1. The number of likely N-dealkylation sites (tertiary alicyclic amines) is 1. The Bertz CT molecular complexity index is 756. The lowest BCUT2D eigenvalue weighted by molar-refractivity contribution is 0.0790. The molecule has 0 radical (unpaired) electrons. The largest absolute Gasteiger partial charge is 0.338 e. The Morgan fingerprint density at radius 3 is 2.96 bits per heavy atom. The third-order valence-corrected chi connectivity index (χ3v) is 5.00. The van der Waals surface area contributed by atoms with E-state index in [1.165, 1.54) is 17.5 Å². The van der Waals surface area contributed by atoms with Gasteiger partial charge in [0.05, 0.1) is 0 Å². The van der Waals surface area contributed by atoms with Crippen molar-refractivity contribution in [2.75, 3.05) is 13.1 Å². The monoisotopic (exact) mass is 307 g/mol. The van der Waals surface area contributed by atoms with Crippen LogP contribution in [0.1, 0.15) is 51.8 Å². The maximum absolute atomic E-state index is 12.8. The maximum Gasteiger partial charge on any atom is 0.253 e. The molecule has 1 aromatic heterocycles. The molecule has 2 aliphatic rings. The molecule has 0 spiro atoms. The molecule has 23 heavy (non-hydrogen) atoms. The number of amides is 1. The molecule has 1 aromatic carbocycles. The van der Waals surface area contributed by atoms with Gasteiger partial charge in [-0.15, -0.1) is 0 Å². The number of aryl methyl sites for hydroxylation is 3. The van der Waals surface area contributed by atoms with Crippen LogP contribution < -0.4 is 0 Å². The summed E-state index contributed by atoms with van der Waals surface area (Å²) in [6.45, 7) is 3.49. The first-order chi connectivity index (χ1) is 11.2. The normalized spacial score (nSPS) is 19.9. The molecule has 1 aliphatic heterocycles. The van der Waals surface area contributed by atoms with Crippen LogP contribution in [0.2, 0.25) is 0 Å². The van der Waals surface area contributed by atoms with Crippen molar-refractivity contribution in [3.05, 3.63) is 58.7 Å². The fraction of sp³-hybridized carbons (Fsp3) is 0.421. The molecule has 0 bridgehead atoms. The number of carbonyl (C=O) groups is 1. The minimum Gasteiger partial charge on any atom is -0.338 e. The summed E-state index contributed by atoms with van der Waals surface area (Å²) in [5, 5.41) is 0. The van der Waals surface area contributed by atoms with Crippen LogP contribution in [0.15, 0.2) is 30.5 Å². The molecule has 4 heteroatoms. The van der Waals surface area contributed by atoms with Crippen molar-refractivity contribution in [3.63, 3.8) is 0 Å². The van der Waals surface area contributed by atoms with E-state index in [2.05, 4.69) is 22.1 Å². The molecule has 118 valence electrons. The number of nitrogens with zero attached hydrogens (tertiary/aromatic N) is 3. The second-order valence-electron chi connectivity index (χ2n) is 6.63. The molecule has 2 aromatic rings. The first-order valence-electron chi connectivity index (χ1n) is 8.41. The van der Waals surface area contributed by atoms with E-state index < -0.39 is 0 Å². The van der Waals surface area contributed by atoms with Crippen molar-refractivity contribution in [3.8, 4) is 0 Å². The van der Waals surface area contributed by atoms with Crippen LogP contribution in [0.25, 0.3) is 0 Å². The number of rotatable bonds is 2. The summed E-state index contributed by atoms with van der Waals surface area (Å²) in [7, 11) is 0. The molecule has 0 N–H and O–H groups in total. The Morgan fingerprint density at radius 1 is 1.22 bits per heavy atom. The molecule has 2 heterocycles. The fourth-order valence-corrected chi connectivity index (χ4v) is 3.71. The van der Waals surface area contributed by atoms with Gasteiger partial charge in [0.1, 0.15) is 5.82 Å². The summed E-state index contributed by atoms with van der Waals surface area (Å²) in [5.41, 5.74) is 4.58. The molecule has 1 aliphatic carbocycles. The van der Waals surface area contributed by atoms with E-state index in [0.29, 0.717) is 0 Å². The Hall–Kier alpha value is -2.23. The van der Waals surface area contributed by atoms with Crippen molar-refractivity contribution in [2.24, 2.45) is 0 Å². The maximum atomic E-state index is 12.8. The Balaban J connectivity index is 1.50. The Kier molecular flexibility index (Phi) is 3.60. The lowest BCUT2D eigenvalue weighted by Gasteiger charge is -2.17. The highest BCUT2D eigenvalue weighted by molar-refractivity contribution is 5.94. The van der Waals surface area contributed by atoms with Gasteiger partial charge in [0, 0.05) is 36.5 Å². The molecular formula is C19H21N3O. The van der Waals surface area contributed by atoms with Crippen molar-refractivity contribution < 1.29 is 4.79 Å². The summed E-state index contributed by atoms with van der Waals surface area (Å²) in [6, 6.07) is 8.13. The summed E-state index contributed by atoms with van der Waals surface area (Å²) >= 11 is 0. The summed E-state index contributed by atoms with van der Waals surface area (Å²) in [6.07, 6.45) is 6.22. The van der Waals surface area contributed by atoms with Gasteiger partial charge in [-0.2, -0.15) is 0 Å². The van der Waals surface area contributed by atoms with Gasteiger partial charge in [-0.25, -0.2) is 9.97 Å². The minimum atomic E-state index is 0.148. The van der Waals surface area contributed by atoms with Crippen LogP contribution in [0.4, 0.5) is 0 Å². The van der Waals surface area contributed by atoms with Crippen LogP contribution in [0.3, 0.4) is 0 Å². The highest BCUT2D eigenvalue weighted by atomic mass is 16.2. The minimum absolute atomic E-state index is 0.148. The number of carbonyl (C=O) groups excluding carboxylic acids is 1. The molecule has 1 atom stereocenters. The topological polar surface area (TPSA) is 46.1 Å². The predicted molar refractivity (Wildman–Crippen MR) is 88.5 cm³/mol.